The van der Waals surface area contributed by atoms with Gasteiger partial charge in [-0.1, -0.05) is 17.7 Å². The van der Waals surface area contributed by atoms with E-state index >= 15 is 0 Å². The standard InChI is InChI=1S/C21H27ClN4O4/c1-13-4-5-17(23-8-13)11-30-21-19(22)20(24-12-25-21)29-10-16-6-18(7-16)28-9-14(2)26-15(3)27/h4-5,8,12,14,16,18H,6-7,9-11H2,1-3H3,(H,26,27)/t14-,16?,18?/m0/s1. The van der Waals surface area contributed by atoms with Gasteiger partial charge < -0.3 is 19.5 Å². The number of carbonyl (C=O) groups is 1. The number of carbonyl (C=O) groups excluding carboxylic acids is 1. The maximum absolute atomic E-state index is 11.0. The molecule has 0 unspecified atom stereocenters. The van der Waals surface area contributed by atoms with E-state index in [-0.39, 0.29) is 35.6 Å². The molecule has 1 N–H and O–H groups in total. The molecule has 2 aromatic rings. The smallest absolute Gasteiger partial charge is 0.240 e. The third-order valence-electron chi connectivity index (χ3n) is 4.73. The van der Waals surface area contributed by atoms with Gasteiger partial charge in [-0.2, -0.15) is 0 Å². The first kappa shape index (κ1) is 22.2. The Balaban J connectivity index is 1.40. The fourth-order valence-corrected chi connectivity index (χ4v) is 3.29. The van der Waals surface area contributed by atoms with E-state index < -0.39 is 0 Å². The van der Waals surface area contributed by atoms with Gasteiger partial charge in [0.1, 0.15) is 12.9 Å². The molecular formula is C21H27ClN4O4. The van der Waals surface area contributed by atoms with Crippen LogP contribution < -0.4 is 14.8 Å². The Bertz CT molecular complexity index is 843. The first-order valence-electron chi connectivity index (χ1n) is 9.97. The molecule has 1 amide bonds. The fraction of sp³-hybridized carbons (Fsp3) is 0.524. The van der Waals surface area contributed by atoms with Gasteiger partial charge in [0.2, 0.25) is 17.7 Å². The minimum Gasteiger partial charge on any atom is -0.476 e. The molecule has 3 rings (SSSR count). The van der Waals surface area contributed by atoms with Gasteiger partial charge in [0.05, 0.1) is 25.0 Å². The van der Waals surface area contributed by atoms with Crippen molar-refractivity contribution in [1.29, 1.82) is 0 Å². The molecule has 8 nitrogen and oxygen atoms in total. The largest absolute Gasteiger partial charge is 0.476 e. The van der Waals surface area contributed by atoms with Gasteiger partial charge in [-0.15, -0.1) is 0 Å². The van der Waals surface area contributed by atoms with E-state index in [1.807, 2.05) is 26.0 Å². The van der Waals surface area contributed by atoms with Crippen LogP contribution in [0.25, 0.3) is 0 Å². The highest BCUT2D eigenvalue weighted by Gasteiger charge is 2.31. The molecule has 9 heteroatoms. The number of amides is 1. The highest BCUT2D eigenvalue weighted by atomic mass is 35.5. The summed E-state index contributed by atoms with van der Waals surface area (Å²) < 4.78 is 17.3. The second-order valence-electron chi connectivity index (χ2n) is 7.62. The van der Waals surface area contributed by atoms with Crippen molar-refractivity contribution in [2.24, 2.45) is 5.92 Å². The number of aryl methyl sites for hydroxylation is 1. The van der Waals surface area contributed by atoms with Gasteiger partial charge in [0.25, 0.3) is 0 Å². The lowest BCUT2D eigenvalue weighted by Gasteiger charge is -2.35. The summed E-state index contributed by atoms with van der Waals surface area (Å²) in [5, 5.41) is 3.06. The lowest BCUT2D eigenvalue weighted by molar-refractivity contribution is -0.120. The molecule has 1 aliphatic rings. The number of rotatable bonds is 10. The van der Waals surface area contributed by atoms with Crippen LogP contribution in [0.4, 0.5) is 0 Å². The molecule has 0 aromatic carbocycles. The molecule has 30 heavy (non-hydrogen) atoms. The zero-order chi connectivity index (χ0) is 21.5. The van der Waals surface area contributed by atoms with E-state index in [0.717, 1.165) is 24.1 Å². The van der Waals surface area contributed by atoms with Crippen molar-refractivity contribution < 1.29 is 19.0 Å². The van der Waals surface area contributed by atoms with Crippen molar-refractivity contribution in [3.63, 3.8) is 0 Å². The minimum absolute atomic E-state index is 0.00570. The van der Waals surface area contributed by atoms with Crippen LogP contribution in [-0.2, 0) is 16.1 Å². The summed E-state index contributed by atoms with van der Waals surface area (Å²) in [5.74, 6) is 0.900. The van der Waals surface area contributed by atoms with E-state index in [0.29, 0.717) is 25.0 Å². The number of hydrogen-bond donors (Lipinski definition) is 1. The van der Waals surface area contributed by atoms with Crippen LogP contribution in [0.2, 0.25) is 5.02 Å². The number of aromatic nitrogens is 3. The molecule has 162 valence electrons. The van der Waals surface area contributed by atoms with Crippen molar-refractivity contribution in [1.82, 2.24) is 20.3 Å². The quantitative estimate of drug-likeness (QED) is 0.613. The molecule has 0 saturated heterocycles. The number of pyridine rings is 1. The maximum Gasteiger partial charge on any atom is 0.240 e. The second kappa shape index (κ2) is 10.5. The second-order valence-corrected chi connectivity index (χ2v) is 8.00. The Morgan fingerprint density at radius 3 is 2.63 bits per heavy atom. The number of halogens is 1. The van der Waals surface area contributed by atoms with Crippen LogP contribution >= 0.6 is 11.6 Å². The third kappa shape index (κ3) is 6.53. The Hall–Kier alpha value is -2.45. The number of ether oxygens (including phenoxy) is 3. The molecule has 2 aromatic heterocycles. The zero-order valence-corrected chi connectivity index (χ0v) is 18.2. The summed E-state index contributed by atoms with van der Waals surface area (Å²) in [6.07, 6.45) is 5.15. The molecule has 0 aliphatic heterocycles. The normalized spacial score (nSPS) is 18.9. The molecule has 2 heterocycles. The summed E-state index contributed by atoms with van der Waals surface area (Å²) in [7, 11) is 0. The first-order chi connectivity index (χ1) is 14.4. The summed E-state index contributed by atoms with van der Waals surface area (Å²) >= 11 is 6.35. The van der Waals surface area contributed by atoms with Gasteiger partial charge in [0, 0.05) is 19.2 Å². The number of nitrogens with one attached hydrogen (secondary N) is 1. The lowest BCUT2D eigenvalue weighted by Crippen LogP contribution is -2.40. The topological polar surface area (TPSA) is 95.5 Å². The highest BCUT2D eigenvalue weighted by Crippen LogP contribution is 2.34. The predicted molar refractivity (Wildman–Crippen MR) is 112 cm³/mol. The van der Waals surface area contributed by atoms with Crippen LogP contribution in [-0.4, -0.2) is 46.2 Å². The summed E-state index contributed by atoms with van der Waals surface area (Å²) in [5.41, 5.74) is 1.87. The summed E-state index contributed by atoms with van der Waals surface area (Å²) in [6.45, 7) is 6.66. The summed E-state index contributed by atoms with van der Waals surface area (Å²) in [6, 6.07) is 3.87. The molecule has 0 radical (unpaired) electrons. The van der Waals surface area contributed by atoms with Gasteiger partial charge in [-0.05, 0) is 44.2 Å². The van der Waals surface area contributed by atoms with Crippen molar-refractivity contribution in [3.05, 3.63) is 40.9 Å². The van der Waals surface area contributed by atoms with Crippen LogP contribution in [0.5, 0.6) is 11.8 Å². The Labute approximate surface area is 181 Å². The van der Waals surface area contributed by atoms with E-state index in [2.05, 4.69) is 20.3 Å². The predicted octanol–water partition coefficient (Wildman–Crippen LogP) is 3.11. The Morgan fingerprint density at radius 2 is 1.97 bits per heavy atom. The molecule has 0 spiro atoms. The van der Waals surface area contributed by atoms with Gasteiger partial charge in [-0.3, -0.25) is 9.78 Å². The monoisotopic (exact) mass is 434 g/mol. The van der Waals surface area contributed by atoms with Gasteiger partial charge in [-0.25, -0.2) is 9.97 Å². The van der Waals surface area contributed by atoms with Crippen LogP contribution in [0.15, 0.2) is 24.7 Å². The molecule has 1 atom stereocenters. The van der Waals surface area contributed by atoms with Crippen molar-refractivity contribution in [2.45, 2.75) is 52.4 Å². The molecule has 1 aliphatic carbocycles. The van der Waals surface area contributed by atoms with E-state index in [4.69, 9.17) is 25.8 Å². The van der Waals surface area contributed by atoms with E-state index in [1.54, 1.807) is 6.20 Å². The van der Waals surface area contributed by atoms with Crippen molar-refractivity contribution in [2.75, 3.05) is 13.2 Å². The van der Waals surface area contributed by atoms with E-state index in [1.165, 1.54) is 13.3 Å². The average Bonchev–Trinajstić information content (AvgIpc) is 2.67. The van der Waals surface area contributed by atoms with Gasteiger partial charge >= 0.3 is 0 Å². The molecule has 1 saturated carbocycles. The Morgan fingerprint density at radius 1 is 1.23 bits per heavy atom. The number of nitrogens with zero attached hydrogens (tertiary/aromatic N) is 3. The van der Waals surface area contributed by atoms with Crippen LogP contribution in [0, 0.1) is 12.8 Å². The molecule has 0 bridgehead atoms. The first-order valence-corrected chi connectivity index (χ1v) is 10.3. The van der Waals surface area contributed by atoms with Crippen LogP contribution in [0.3, 0.4) is 0 Å². The average molecular weight is 435 g/mol. The van der Waals surface area contributed by atoms with E-state index in [9.17, 15) is 4.79 Å². The third-order valence-corrected chi connectivity index (χ3v) is 5.06. The molecule has 1 fully saturated rings. The summed E-state index contributed by atoms with van der Waals surface area (Å²) in [4.78, 5) is 23.5. The highest BCUT2D eigenvalue weighted by molar-refractivity contribution is 6.33. The zero-order valence-electron chi connectivity index (χ0n) is 17.4. The minimum atomic E-state index is -0.0498. The van der Waals surface area contributed by atoms with Crippen LogP contribution in [0.1, 0.15) is 37.9 Å². The lowest BCUT2D eigenvalue weighted by atomic mass is 9.83. The van der Waals surface area contributed by atoms with Crippen molar-refractivity contribution in [3.8, 4) is 11.8 Å². The fourth-order valence-electron chi connectivity index (χ4n) is 3.08. The molecular weight excluding hydrogens is 408 g/mol. The van der Waals surface area contributed by atoms with Gasteiger partial charge in [0.15, 0.2) is 5.02 Å². The number of hydrogen-bond acceptors (Lipinski definition) is 7. The SMILES string of the molecule is CC(=O)N[C@@H](C)COC1CC(COc2ncnc(OCc3ccc(C)cn3)c2Cl)C1. The Kier molecular flexibility index (Phi) is 7.81. The maximum atomic E-state index is 11.0. The van der Waals surface area contributed by atoms with Crippen molar-refractivity contribution >= 4 is 17.5 Å².